The van der Waals surface area contributed by atoms with Crippen molar-refractivity contribution in [1.82, 2.24) is 0 Å². The Bertz CT molecular complexity index is 712. The molecule has 106 valence electrons. The Hall–Kier alpha value is -2.68. The molecule has 2 aromatic rings. The van der Waals surface area contributed by atoms with Gasteiger partial charge in [-0.3, -0.25) is 4.79 Å². The number of hydrogen-bond acceptors (Lipinski definition) is 3. The van der Waals surface area contributed by atoms with Crippen molar-refractivity contribution in [3.63, 3.8) is 0 Å². The van der Waals surface area contributed by atoms with Gasteiger partial charge in [-0.1, -0.05) is 48.0 Å². The minimum Gasteiger partial charge on any atom is -0.398 e. The van der Waals surface area contributed by atoms with E-state index in [1.807, 2.05) is 50.2 Å². The van der Waals surface area contributed by atoms with Crippen molar-refractivity contribution in [2.45, 2.75) is 13.8 Å². The molecule has 0 saturated heterocycles. The Morgan fingerprint density at radius 1 is 1.10 bits per heavy atom. The SMILES string of the molecule is Cc1ccc(C(=N)C=C(N)c2c(C)cccc2C=O)cc1. The van der Waals surface area contributed by atoms with Crippen LogP contribution in [0, 0.1) is 19.3 Å². The summed E-state index contributed by atoms with van der Waals surface area (Å²) in [5, 5.41) is 8.13. The molecule has 0 heterocycles. The van der Waals surface area contributed by atoms with E-state index in [1.165, 1.54) is 0 Å². The zero-order valence-electron chi connectivity index (χ0n) is 12.2. The lowest BCUT2D eigenvalue weighted by atomic mass is 9.98. The maximum absolute atomic E-state index is 11.1. The van der Waals surface area contributed by atoms with Gasteiger partial charge in [0.1, 0.15) is 0 Å². The van der Waals surface area contributed by atoms with E-state index < -0.39 is 0 Å². The number of hydrogen-bond donors (Lipinski definition) is 2. The van der Waals surface area contributed by atoms with Crippen LogP contribution < -0.4 is 5.73 Å². The van der Waals surface area contributed by atoms with Crippen LogP contribution in [0.25, 0.3) is 5.70 Å². The molecular formula is C18H18N2O. The van der Waals surface area contributed by atoms with E-state index in [-0.39, 0.29) is 0 Å². The first-order valence-electron chi connectivity index (χ1n) is 6.71. The molecule has 0 amide bonds. The highest BCUT2D eigenvalue weighted by Crippen LogP contribution is 2.19. The van der Waals surface area contributed by atoms with Gasteiger partial charge >= 0.3 is 0 Å². The van der Waals surface area contributed by atoms with Crippen molar-refractivity contribution >= 4 is 17.7 Å². The Morgan fingerprint density at radius 2 is 1.76 bits per heavy atom. The molecule has 2 aromatic carbocycles. The van der Waals surface area contributed by atoms with Gasteiger partial charge in [-0.05, 0) is 31.1 Å². The molecule has 0 aliphatic carbocycles. The highest BCUT2D eigenvalue weighted by Gasteiger charge is 2.09. The van der Waals surface area contributed by atoms with Crippen LogP contribution in [0.1, 0.15) is 32.6 Å². The first kappa shape index (κ1) is 14.7. The van der Waals surface area contributed by atoms with E-state index in [2.05, 4.69) is 0 Å². The van der Waals surface area contributed by atoms with E-state index in [0.29, 0.717) is 22.5 Å². The maximum Gasteiger partial charge on any atom is 0.150 e. The number of nitrogens with one attached hydrogen (secondary N) is 1. The van der Waals surface area contributed by atoms with Crippen LogP contribution in [-0.4, -0.2) is 12.0 Å². The predicted molar refractivity (Wildman–Crippen MR) is 86.7 cm³/mol. The summed E-state index contributed by atoms with van der Waals surface area (Å²) in [5.41, 5.74) is 11.0. The molecule has 0 unspecified atom stereocenters. The Labute approximate surface area is 124 Å². The van der Waals surface area contributed by atoms with E-state index >= 15 is 0 Å². The normalized spacial score (nSPS) is 11.2. The van der Waals surface area contributed by atoms with Gasteiger partial charge in [-0.25, -0.2) is 0 Å². The third-order valence-corrected chi connectivity index (χ3v) is 3.38. The van der Waals surface area contributed by atoms with E-state index in [9.17, 15) is 4.79 Å². The van der Waals surface area contributed by atoms with Crippen LogP contribution in [0.2, 0.25) is 0 Å². The highest BCUT2D eigenvalue weighted by molar-refractivity contribution is 6.10. The molecule has 21 heavy (non-hydrogen) atoms. The number of aldehydes is 1. The topological polar surface area (TPSA) is 66.9 Å². The molecule has 0 fully saturated rings. The fourth-order valence-corrected chi connectivity index (χ4v) is 2.23. The zero-order chi connectivity index (χ0) is 15.4. The molecule has 3 heteroatoms. The molecule has 0 aliphatic heterocycles. The molecule has 0 bridgehead atoms. The van der Waals surface area contributed by atoms with Gasteiger partial charge in [0.2, 0.25) is 0 Å². The molecule has 0 aliphatic rings. The van der Waals surface area contributed by atoms with E-state index in [4.69, 9.17) is 11.1 Å². The van der Waals surface area contributed by atoms with Gasteiger partial charge in [0, 0.05) is 16.8 Å². The summed E-state index contributed by atoms with van der Waals surface area (Å²) in [6.07, 6.45) is 2.39. The molecule has 0 saturated carbocycles. The Kier molecular flexibility index (Phi) is 4.33. The third kappa shape index (κ3) is 3.26. The van der Waals surface area contributed by atoms with Crippen molar-refractivity contribution in [2.75, 3.05) is 0 Å². The minimum absolute atomic E-state index is 0.326. The summed E-state index contributed by atoms with van der Waals surface area (Å²) in [4.78, 5) is 11.1. The molecule has 0 radical (unpaired) electrons. The summed E-state index contributed by atoms with van der Waals surface area (Å²) in [7, 11) is 0. The predicted octanol–water partition coefficient (Wildman–Crippen LogP) is 3.48. The van der Waals surface area contributed by atoms with Crippen LogP contribution in [0.15, 0.2) is 48.5 Å². The Morgan fingerprint density at radius 3 is 2.38 bits per heavy atom. The largest absolute Gasteiger partial charge is 0.398 e. The summed E-state index contributed by atoms with van der Waals surface area (Å²) in [6.45, 7) is 3.90. The second-order valence-electron chi connectivity index (χ2n) is 5.04. The summed E-state index contributed by atoms with van der Waals surface area (Å²) < 4.78 is 0. The van der Waals surface area contributed by atoms with Crippen molar-refractivity contribution in [1.29, 1.82) is 5.41 Å². The quantitative estimate of drug-likeness (QED) is 0.664. The van der Waals surface area contributed by atoms with E-state index in [1.54, 1.807) is 12.1 Å². The standard InChI is InChI=1S/C18H18N2O/c1-12-6-8-14(9-7-12)16(19)10-17(20)18-13(2)4-3-5-15(18)11-21/h3-11,19H,20H2,1-2H3. The first-order valence-corrected chi connectivity index (χ1v) is 6.71. The van der Waals surface area contributed by atoms with Gasteiger partial charge in [0.15, 0.2) is 6.29 Å². The van der Waals surface area contributed by atoms with Crippen LogP contribution in [-0.2, 0) is 0 Å². The number of carbonyl (C=O) groups is 1. The van der Waals surface area contributed by atoms with Gasteiger partial charge in [0.25, 0.3) is 0 Å². The first-order chi connectivity index (χ1) is 10.0. The van der Waals surface area contributed by atoms with Crippen LogP contribution >= 0.6 is 0 Å². The lowest BCUT2D eigenvalue weighted by molar-refractivity contribution is 0.112. The number of nitrogens with two attached hydrogens (primary N) is 1. The van der Waals surface area contributed by atoms with Crippen molar-refractivity contribution in [3.05, 3.63) is 76.4 Å². The van der Waals surface area contributed by atoms with Gasteiger partial charge in [0.05, 0.1) is 5.71 Å². The number of carbonyl (C=O) groups excluding carboxylic acids is 1. The Balaban J connectivity index is 2.39. The number of benzene rings is 2. The average molecular weight is 278 g/mol. The fraction of sp³-hybridized carbons (Fsp3) is 0.111. The molecular weight excluding hydrogens is 260 g/mol. The van der Waals surface area contributed by atoms with Crippen LogP contribution in [0.4, 0.5) is 0 Å². The molecule has 3 nitrogen and oxygen atoms in total. The number of aryl methyl sites for hydroxylation is 2. The lowest BCUT2D eigenvalue weighted by Crippen LogP contribution is -2.06. The summed E-state index contributed by atoms with van der Waals surface area (Å²) in [6, 6.07) is 13.1. The zero-order valence-corrected chi connectivity index (χ0v) is 12.2. The number of rotatable bonds is 4. The van der Waals surface area contributed by atoms with Crippen molar-refractivity contribution in [2.24, 2.45) is 5.73 Å². The van der Waals surface area contributed by atoms with E-state index in [0.717, 1.165) is 23.0 Å². The molecule has 0 spiro atoms. The van der Waals surface area contributed by atoms with Gasteiger partial charge in [-0.15, -0.1) is 0 Å². The average Bonchev–Trinajstić information content (AvgIpc) is 2.47. The molecule has 0 atom stereocenters. The monoisotopic (exact) mass is 278 g/mol. The summed E-state index contributed by atoms with van der Waals surface area (Å²) in [5.74, 6) is 0. The number of allylic oxidation sites excluding steroid dienone is 1. The second-order valence-corrected chi connectivity index (χ2v) is 5.04. The van der Waals surface area contributed by atoms with Gasteiger partial charge < -0.3 is 11.1 Å². The highest BCUT2D eigenvalue weighted by atomic mass is 16.1. The molecule has 3 N–H and O–H groups in total. The third-order valence-electron chi connectivity index (χ3n) is 3.38. The lowest BCUT2D eigenvalue weighted by Gasteiger charge is -2.09. The second kappa shape index (κ2) is 6.18. The minimum atomic E-state index is 0.326. The smallest absolute Gasteiger partial charge is 0.150 e. The molecule has 2 rings (SSSR count). The maximum atomic E-state index is 11.1. The summed E-state index contributed by atoms with van der Waals surface area (Å²) >= 11 is 0. The van der Waals surface area contributed by atoms with Crippen LogP contribution in [0.3, 0.4) is 0 Å². The van der Waals surface area contributed by atoms with Crippen LogP contribution in [0.5, 0.6) is 0 Å². The van der Waals surface area contributed by atoms with Gasteiger partial charge in [-0.2, -0.15) is 0 Å². The van der Waals surface area contributed by atoms with Crippen molar-refractivity contribution in [3.8, 4) is 0 Å². The molecule has 0 aromatic heterocycles. The van der Waals surface area contributed by atoms with Crippen molar-refractivity contribution < 1.29 is 4.79 Å². The fourth-order valence-electron chi connectivity index (χ4n) is 2.23.